The molecule has 0 atom stereocenters. The van der Waals surface area contributed by atoms with E-state index in [2.05, 4.69) is 10.3 Å². The molecule has 0 aliphatic heterocycles. The van der Waals surface area contributed by atoms with E-state index in [-0.39, 0.29) is 11.9 Å². The highest BCUT2D eigenvalue weighted by atomic mass is 32.1. The Morgan fingerprint density at radius 1 is 1.57 bits per heavy atom. The predicted octanol–water partition coefficient (Wildman–Crippen LogP) is 3.13. The number of thiophene rings is 1. The van der Waals surface area contributed by atoms with Crippen molar-refractivity contribution in [2.24, 2.45) is 0 Å². The van der Waals surface area contributed by atoms with Gasteiger partial charge in [0.15, 0.2) is 0 Å². The Kier molecular flexibility index (Phi) is 3.88. The maximum Gasteiger partial charge on any atom is 0.258 e. The zero-order chi connectivity index (χ0) is 14.8. The molecule has 4 nitrogen and oxygen atoms in total. The Hall–Kier alpha value is -1.95. The zero-order valence-corrected chi connectivity index (χ0v) is 12.5. The molecule has 6 heteroatoms. The third kappa shape index (κ3) is 3.05. The fourth-order valence-corrected chi connectivity index (χ4v) is 2.98. The Bertz CT molecular complexity index is 640. The molecule has 0 saturated heterocycles. The number of hydrogen-bond acceptors (Lipinski definition) is 4. The van der Waals surface area contributed by atoms with Crippen molar-refractivity contribution in [3.63, 3.8) is 0 Å². The van der Waals surface area contributed by atoms with Gasteiger partial charge in [-0.2, -0.15) is 0 Å². The summed E-state index contributed by atoms with van der Waals surface area (Å²) in [6.07, 6.45) is 3.13. The van der Waals surface area contributed by atoms with Crippen LogP contribution in [0.5, 0.6) is 0 Å². The zero-order valence-electron chi connectivity index (χ0n) is 11.7. The van der Waals surface area contributed by atoms with Crippen molar-refractivity contribution in [1.82, 2.24) is 9.88 Å². The third-order valence-electron chi connectivity index (χ3n) is 3.48. The van der Waals surface area contributed by atoms with Crippen LogP contribution in [-0.4, -0.2) is 28.9 Å². The van der Waals surface area contributed by atoms with Gasteiger partial charge in [-0.25, -0.2) is 9.37 Å². The molecule has 1 fully saturated rings. The van der Waals surface area contributed by atoms with Gasteiger partial charge in [0, 0.05) is 18.0 Å². The molecule has 0 bridgehead atoms. The molecule has 0 unspecified atom stereocenters. The third-order valence-corrected chi connectivity index (χ3v) is 4.34. The highest BCUT2D eigenvalue weighted by Gasteiger charge is 2.34. The van der Waals surface area contributed by atoms with Gasteiger partial charge in [0.25, 0.3) is 5.91 Å². The molecule has 3 rings (SSSR count). The number of carbonyl (C=O) groups excluding carboxylic acids is 1. The van der Waals surface area contributed by atoms with Crippen molar-refractivity contribution in [1.29, 1.82) is 0 Å². The van der Waals surface area contributed by atoms with Crippen LogP contribution in [0.15, 0.2) is 29.8 Å². The molecule has 0 radical (unpaired) electrons. The van der Waals surface area contributed by atoms with E-state index in [9.17, 15) is 9.18 Å². The molecule has 0 spiro atoms. The summed E-state index contributed by atoms with van der Waals surface area (Å²) < 4.78 is 13.4. The van der Waals surface area contributed by atoms with E-state index in [0.717, 1.165) is 23.9 Å². The van der Waals surface area contributed by atoms with Crippen molar-refractivity contribution in [3.8, 4) is 0 Å². The molecule has 1 aliphatic rings. The van der Waals surface area contributed by atoms with Crippen molar-refractivity contribution in [2.75, 3.05) is 12.4 Å². The number of carbonyl (C=O) groups is 1. The fraction of sp³-hybridized carbons (Fsp3) is 0.333. The van der Waals surface area contributed by atoms with Crippen LogP contribution in [0.2, 0.25) is 0 Å². The Balaban J connectivity index is 1.89. The minimum atomic E-state index is -0.496. The number of pyridine rings is 1. The van der Waals surface area contributed by atoms with Crippen molar-refractivity contribution < 1.29 is 9.18 Å². The number of amides is 1. The standard InChI is InChI=1S/C15H16FN3OS/c1-17-14-13(7-10(16)8-18-14)15(20)19(11-4-5-11)9-12-3-2-6-21-12/h2-3,6-8,11H,4-5,9H2,1H3,(H,17,18). The van der Waals surface area contributed by atoms with E-state index in [4.69, 9.17) is 0 Å². The molecular weight excluding hydrogens is 289 g/mol. The van der Waals surface area contributed by atoms with E-state index in [1.807, 2.05) is 22.4 Å². The van der Waals surface area contributed by atoms with Gasteiger partial charge in [-0.3, -0.25) is 4.79 Å². The van der Waals surface area contributed by atoms with Crippen molar-refractivity contribution in [2.45, 2.75) is 25.4 Å². The second-order valence-electron chi connectivity index (χ2n) is 5.04. The summed E-state index contributed by atoms with van der Waals surface area (Å²) >= 11 is 1.62. The quantitative estimate of drug-likeness (QED) is 0.923. The van der Waals surface area contributed by atoms with Crippen LogP contribution in [0.3, 0.4) is 0 Å². The van der Waals surface area contributed by atoms with Crippen LogP contribution >= 0.6 is 11.3 Å². The van der Waals surface area contributed by atoms with Gasteiger partial charge in [0.2, 0.25) is 0 Å². The molecule has 2 aromatic rings. The Morgan fingerprint density at radius 3 is 3.00 bits per heavy atom. The number of rotatable bonds is 5. The lowest BCUT2D eigenvalue weighted by Gasteiger charge is -2.22. The number of aromatic nitrogens is 1. The monoisotopic (exact) mass is 305 g/mol. The average molecular weight is 305 g/mol. The van der Waals surface area contributed by atoms with E-state index < -0.39 is 5.82 Å². The molecule has 21 heavy (non-hydrogen) atoms. The lowest BCUT2D eigenvalue weighted by molar-refractivity contribution is 0.0732. The smallest absolute Gasteiger partial charge is 0.258 e. The number of nitrogens with one attached hydrogen (secondary N) is 1. The van der Waals surface area contributed by atoms with E-state index in [0.29, 0.717) is 17.9 Å². The molecular formula is C15H16FN3OS. The minimum absolute atomic E-state index is 0.165. The van der Waals surface area contributed by atoms with Gasteiger partial charge < -0.3 is 10.2 Å². The number of nitrogens with zero attached hydrogens (tertiary/aromatic N) is 2. The summed E-state index contributed by atoms with van der Waals surface area (Å²) in [4.78, 5) is 19.7. The Morgan fingerprint density at radius 2 is 2.38 bits per heavy atom. The first kappa shape index (κ1) is 14.0. The summed E-state index contributed by atoms with van der Waals surface area (Å²) in [5.41, 5.74) is 0.293. The number of anilines is 1. The van der Waals surface area contributed by atoms with Crippen LogP contribution in [0.4, 0.5) is 10.2 Å². The minimum Gasteiger partial charge on any atom is -0.372 e. The average Bonchev–Trinajstić information content (AvgIpc) is 3.20. The van der Waals surface area contributed by atoms with E-state index >= 15 is 0 Å². The number of hydrogen-bond donors (Lipinski definition) is 1. The van der Waals surface area contributed by atoms with Gasteiger partial charge in [0.05, 0.1) is 18.3 Å². The molecule has 0 aromatic carbocycles. The SMILES string of the molecule is CNc1ncc(F)cc1C(=O)N(Cc1cccs1)C1CC1. The molecule has 1 N–H and O–H groups in total. The van der Waals surface area contributed by atoms with Crippen LogP contribution in [0, 0.1) is 5.82 Å². The second kappa shape index (κ2) is 5.81. The highest BCUT2D eigenvalue weighted by Crippen LogP contribution is 2.31. The first-order valence-corrected chi connectivity index (χ1v) is 7.73. The van der Waals surface area contributed by atoms with Gasteiger partial charge in [-0.1, -0.05) is 6.07 Å². The lowest BCUT2D eigenvalue weighted by atomic mass is 10.2. The van der Waals surface area contributed by atoms with Gasteiger partial charge >= 0.3 is 0 Å². The lowest BCUT2D eigenvalue weighted by Crippen LogP contribution is -2.33. The number of halogens is 1. The molecule has 1 aliphatic carbocycles. The summed E-state index contributed by atoms with van der Waals surface area (Å²) in [5, 5.41) is 4.85. The molecule has 1 saturated carbocycles. The Labute approximate surface area is 126 Å². The molecule has 1 amide bonds. The molecule has 2 aromatic heterocycles. The second-order valence-corrected chi connectivity index (χ2v) is 6.08. The van der Waals surface area contributed by atoms with Crippen LogP contribution < -0.4 is 5.32 Å². The van der Waals surface area contributed by atoms with Crippen LogP contribution in [0.25, 0.3) is 0 Å². The maximum atomic E-state index is 13.4. The topological polar surface area (TPSA) is 45.2 Å². The van der Waals surface area contributed by atoms with E-state index in [1.54, 1.807) is 18.4 Å². The summed E-state index contributed by atoms with van der Waals surface area (Å²) in [5.74, 6) is -0.246. The van der Waals surface area contributed by atoms with Crippen molar-refractivity contribution >= 4 is 23.1 Å². The summed E-state index contributed by atoms with van der Waals surface area (Å²) in [7, 11) is 1.68. The van der Waals surface area contributed by atoms with Crippen molar-refractivity contribution in [3.05, 3.63) is 46.0 Å². The van der Waals surface area contributed by atoms with Crippen LogP contribution in [0.1, 0.15) is 28.1 Å². The maximum absolute atomic E-state index is 13.4. The summed E-state index contributed by atoms with van der Waals surface area (Å²) in [6.45, 7) is 0.570. The van der Waals surface area contributed by atoms with Crippen LogP contribution in [-0.2, 0) is 6.54 Å². The summed E-state index contributed by atoms with van der Waals surface area (Å²) in [6, 6.07) is 5.49. The van der Waals surface area contributed by atoms with Gasteiger partial charge in [0.1, 0.15) is 11.6 Å². The molecule has 2 heterocycles. The largest absolute Gasteiger partial charge is 0.372 e. The fourth-order valence-electron chi connectivity index (χ4n) is 2.28. The van der Waals surface area contributed by atoms with Gasteiger partial charge in [-0.05, 0) is 30.4 Å². The first-order chi connectivity index (χ1) is 10.2. The molecule has 110 valence electrons. The normalized spacial score (nSPS) is 14.0. The van der Waals surface area contributed by atoms with Gasteiger partial charge in [-0.15, -0.1) is 11.3 Å². The first-order valence-electron chi connectivity index (χ1n) is 6.85. The predicted molar refractivity (Wildman–Crippen MR) is 81.0 cm³/mol. The van der Waals surface area contributed by atoms with E-state index in [1.165, 1.54) is 6.07 Å². The highest BCUT2D eigenvalue weighted by molar-refractivity contribution is 7.09.